The van der Waals surface area contributed by atoms with E-state index in [4.69, 9.17) is 11.6 Å². The van der Waals surface area contributed by atoms with Gasteiger partial charge >= 0.3 is 0 Å². The first kappa shape index (κ1) is 17.2. The highest BCUT2D eigenvalue weighted by Crippen LogP contribution is 2.31. The lowest BCUT2D eigenvalue weighted by molar-refractivity contribution is -0.384. The third-order valence-corrected chi connectivity index (χ3v) is 4.68. The van der Waals surface area contributed by atoms with Gasteiger partial charge in [-0.2, -0.15) is 0 Å². The Hall–Kier alpha value is -2.12. The predicted molar refractivity (Wildman–Crippen MR) is 89.8 cm³/mol. The monoisotopic (exact) mass is 354 g/mol. The van der Waals surface area contributed by atoms with E-state index in [0.29, 0.717) is 17.3 Å². The quantitative estimate of drug-likeness (QED) is 0.608. The molecule has 0 radical (unpaired) electrons. The van der Waals surface area contributed by atoms with E-state index in [0.717, 1.165) is 17.9 Å². The standard InChI is InChI=1S/C15H15ClN2O4S/c1-17(10-11-3-5-12(16)6-4-11)14-8-7-13(23(2,21)22)9-15(14)18(19)20/h3-9H,10H2,1-2H3. The van der Waals surface area contributed by atoms with E-state index in [2.05, 4.69) is 0 Å². The maximum atomic E-state index is 11.6. The summed E-state index contributed by atoms with van der Waals surface area (Å²) >= 11 is 5.83. The number of halogens is 1. The minimum atomic E-state index is -3.50. The fraction of sp³-hybridized carbons (Fsp3) is 0.200. The SMILES string of the molecule is CN(Cc1ccc(Cl)cc1)c1ccc(S(C)(=O)=O)cc1[N+](=O)[O-]. The minimum absolute atomic E-state index is 0.0761. The first-order chi connectivity index (χ1) is 10.7. The number of hydrogen-bond acceptors (Lipinski definition) is 5. The van der Waals surface area contributed by atoms with Gasteiger partial charge in [-0.1, -0.05) is 23.7 Å². The van der Waals surface area contributed by atoms with Crippen molar-refractivity contribution in [1.82, 2.24) is 0 Å². The van der Waals surface area contributed by atoms with Gasteiger partial charge < -0.3 is 4.90 Å². The Morgan fingerprint density at radius 1 is 1.17 bits per heavy atom. The van der Waals surface area contributed by atoms with Crippen LogP contribution in [0, 0.1) is 10.1 Å². The molecule has 0 heterocycles. The molecule has 0 fully saturated rings. The summed E-state index contributed by atoms with van der Waals surface area (Å²) in [6.07, 6.45) is 1.02. The Bertz CT molecular complexity index is 835. The molecule has 0 aliphatic carbocycles. The molecule has 0 amide bonds. The van der Waals surface area contributed by atoms with E-state index < -0.39 is 14.8 Å². The Morgan fingerprint density at radius 3 is 2.30 bits per heavy atom. The average Bonchev–Trinajstić information content (AvgIpc) is 2.48. The number of nitro benzene ring substituents is 1. The highest BCUT2D eigenvalue weighted by molar-refractivity contribution is 7.90. The van der Waals surface area contributed by atoms with Crippen molar-refractivity contribution in [2.45, 2.75) is 11.4 Å². The van der Waals surface area contributed by atoms with Crippen LogP contribution in [0.25, 0.3) is 0 Å². The normalized spacial score (nSPS) is 11.3. The fourth-order valence-electron chi connectivity index (χ4n) is 2.15. The van der Waals surface area contributed by atoms with Crippen LogP contribution in [0.3, 0.4) is 0 Å². The van der Waals surface area contributed by atoms with Crippen LogP contribution in [0.15, 0.2) is 47.4 Å². The van der Waals surface area contributed by atoms with Gasteiger partial charge in [-0.25, -0.2) is 8.42 Å². The second-order valence-corrected chi connectivity index (χ2v) is 7.61. The molecule has 6 nitrogen and oxygen atoms in total. The summed E-state index contributed by atoms with van der Waals surface area (Å²) in [6.45, 7) is 0.427. The van der Waals surface area contributed by atoms with Crippen molar-refractivity contribution < 1.29 is 13.3 Å². The summed E-state index contributed by atoms with van der Waals surface area (Å²) in [5, 5.41) is 11.9. The first-order valence-corrected chi connectivity index (χ1v) is 8.89. The van der Waals surface area contributed by atoms with E-state index in [1.165, 1.54) is 12.1 Å². The molecule has 23 heavy (non-hydrogen) atoms. The lowest BCUT2D eigenvalue weighted by atomic mass is 10.2. The summed E-state index contributed by atoms with van der Waals surface area (Å²) in [6, 6.07) is 11.0. The van der Waals surface area contributed by atoms with Gasteiger partial charge in [-0.05, 0) is 29.8 Å². The van der Waals surface area contributed by atoms with Gasteiger partial charge in [0, 0.05) is 30.9 Å². The van der Waals surface area contributed by atoms with Gasteiger partial charge in [0.2, 0.25) is 0 Å². The fourth-order valence-corrected chi connectivity index (χ4v) is 2.92. The molecule has 0 bridgehead atoms. The third kappa shape index (κ3) is 4.20. The Morgan fingerprint density at radius 2 is 1.78 bits per heavy atom. The maximum Gasteiger partial charge on any atom is 0.293 e. The van der Waals surface area contributed by atoms with Crippen molar-refractivity contribution in [2.24, 2.45) is 0 Å². The van der Waals surface area contributed by atoms with Crippen molar-refractivity contribution >= 4 is 32.8 Å². The molecule has 0 saturated heterocycles. The molecule has 0 unspecified atom stereocenters. The number of rotatable bonds is 5. The van der Waals surface area contributed by atoms with Crippen LogP contribution >= 0.6 is 11.6 Å². The third-order valence-electron chi connectivity index (χ3n) is 3.32. The predicted octanol–water partition coefficient (Wildman–Crippen LogP) is 3.29. The van der Waals surface area contributed by atoms with Gasteiger partial charge in [-0.15, -0.1) is 0 Å². The molecule has 0 aliphatic heterocycles. The van der Waals surface area contributed by atoms with Crippen LogP contribution in [0.1, 0.15) is 5.56 Å². The number of anilines is 1. The second kappa shape index (κ2) is 6.55. The van der Waals surface area contributed by atoms with E-state index in [1.54, 1.807) is 24.1 Å². The van der Waals surface area contributed by atoms with Crippen LogP contribution in [0.5, 0.6) is 0 Å². The van der Waals surface area contributed by atoms with Crippen LogP contribution in [-0.2, 0) is 16.4 Å². The van der Waals surface area contributed by atoms with E-state index in [9.17, 15) is 18.5 Å². The van der Waals surface area contributed by atoms with Crippen LogP contribution in [0.4, 0.5) is 11.4 Å². The molecule has 2 rings (SSSR count). The first-order valence-electron chi connectivity index (χ1n) is 6.62. The topological polar surface area (TPSA) is 80.5 Å². The molecule has 0 spiro atoms. The molecular weight excluding hydrogens is 340 g/mol. The molecule has 0 saturated carbocycles. The Kier molecular flexibility index (Phi) is 4.91. The van der Waals surface area contributed by atoms with Gasteiger partial charge in [0.25, 0.3) is 5.69 Å². The van der Waals surface area contributed by atoms with Crippen LogP contribution in [0.2, 0.25) is 5.02 Å². The van der Waals surface area contributed by atoms with Crippen LogP contribution < -0.4 is 4.90 Å². The largest absolute Gasteiger partial charge is 0.365 e. The van der Waals surface area contributed by atoms with Crippen molar-refractivity contribution in [1.29, 1.82) is 0 Å². The number of hydrogen-bond donors (Lipinski definition) is 0. The smallest absolute Gasteiger partial charge is 0.293 e. The summed E-state index contributed by atoms with van der Waals surface area (Å²) in [7, 11) is -1.80. The lowest BCUT2D eigenvalue weighted by Crippen LogP contribution is -2.18. The molecule has 2 aromatic rings. The summed E-state index contributed by atoms with van der Waals surface area (Å²) in [5.74, 6) is 0. The van der Waals surface area contributed by atoms with Gasteiger partial charge in [-0.3, -0.25) is 10.1 Å². The Labute approximate surface area is 139 Å². The maximum absolute atomic E-state index is 11.6. The number of nitro groups is 1. The van der Waals surface area contributed by atoms with Crippen molar-refractivity contribution in [3.8, 4) is 0 Å². The van der Waals surface area contributed by atoms with E-state index in [1.807, 2.05) is 12.1 Å². The lowest BCUT2D eigenvalue weighted by Gasteiger charge is -2.19. The highest BCUT2D eigenvalue weighted by atomic mass is 35.5. The van der Waals surface area contributed by atoms with Crippen LogP contribution in [-0.4, -0.2) is 26.6 Å². The van der Waals surface area contributed by atoms with Crippen molar-refractivity contribution in [3.05, 3.63) is 63.2 Å². The molecule has 0 atom stereocenters. The number of benzene rings is 2. The molecule has 0 aromatic heterocycles. The molecule has 122 valence electrons. The number of sulfone groups is 1. The number of nitrogens with zero attached hydrogens (tertiary/aromatic N) is 2. The molecular formula is C15H15ClN2O4S. The van der Waals surface area contributed by atoms with E-state index in [-0.39, 0.29) is 10.6 Å². The molecule has 8 heteroatoms. The average molecular weight is 355 g/mol. The minimum Gasteiger partial charge on any atom is -0.365 e. The highest BCUT2D eigenvalue weighted by Gasteiger charge is 2.21. The molecule has 0 N–H and O–H groups in total. The summed E-state index contributed by atoms with van der Waals surface area (Å²) in [4.78, 5) is 12.3. The van der Waals surface area contributed by atoms with Gasteiger partial charge in [0.05, 0.1) is 9.82 Å². The van der Waals surface area contributed by atoms with Crippen molar-refractivity contribution in [2.75, 3.05) is 18.2 Å². The zero-order valence-electron chi connectivity index (χ0n) is 12.6. The van der Waals surface area contributed by atoms with E-state index >= 15 is 0 Å². The zero-order valence-corrected chi connectivity index (χ0v) is 14.1. The zero-order chi connectivity index (χ0) is 17.2. The van der Waals surface area contributed by atoms with Crippen molar-refractivity contribution in [3.63, 3.8) is 0 Å². The van der Waals surface area contributed by atoms with Gasteiger partial charge in [0.1, 0.15) is 5.69 Å². The van der Waals surface area contributed by atoms with Gasteiger partial charge in [0.15, 0.2) is 9.84 Å². The Balaban J connectivity index is 2.37. The molecule has 2 aromatic carbocycles. The second-order valence-electron chi connectivity index (χ2n) is 5.16. The summed E-state index contributed by atoms with van der Waals surface area (Å²) < 4.78 is 23.1. The summed E-state index contributed by atoms with van der Waals surface area (Å²) in [5.41, 5.74) is 1.03. The molecule has 0 aliphatic rings.